The highest BCUT2D eigenvalue weighted by Crippen LogP contribution is 2.18. The van der Waals surface area contributed by atoms with Crippen LogP contribution in [0.1, 0.15) is 20.3 Å². The van der Waals surface area contributed by atoms with E-state index in [4.69, 9.17) is 0 Å². The quantitative estimate of drug-likeness (QED) is 0.470. The number of hydrogen-bond acceptors (Lipinski definition) is 5. The molecule has 0 spiro atoms. The molecule has 0 heterocycles. The summed E-state index contributed by atoms with van der Waals surface area (Å²) in [5.74, 6) is -2.49. The van der Waals surface area contributed by atoms with Gasteiger partial charge in [-0.05, 0) is 35.2 Å². The van der Waals surface area contributed by atoms with Crippen LogP contribution in [0.4, 0.5) is 0 Å². The molecule has 2 aromatic carbocycles. The molecule has 8 nitrogen and oxygen atoms in total. The fraction of sp³-hybridized carbons (Fsp3) is 0.368. The predicted octanol–water partition coefficient (Wildman–Crippen LogP) is 1.66. The highest BCUT2D eigenvalue weighted by Gasteiger charge is 2.28. The normalized spacial score (nSPS) is 14.1. The van der Waals surface area contributed by atoms with Gasteiger partial charge in [0.15, 0.2) is 0 Å². The van der Waals surface area contributed by atoms with Gasteiger partial charge in [-0.25, -0.2) is 13.1 Å². The van der Waals surface area contributed by atoms with Crippen LogP contribution in [0, 0.1) is 5.92 Å². The first-order chi connectivity index (χ1) is 13.1. The van der Waals surface area contributed by atoms with Gasteiger partial charge in [-0.15, -0.1) is 0 Å². The molecule has 0 unspecified atom stereocenters. The first-order valence-corrected chi connectivity index (χ1v) is 10.3. The zero-order valence-corrected chi connectivity index (χ0v) is 16.4. The van der Waals surface area contributed by atoms with Crippen LogP contribution < -0.4 is 10.0 Å². The number of aliphatic carboxylic acids is 2. The topological polar surface area (TPSA) is 133 Å². The molecule has 2 aromatic rings. The van der Waals surface area contributed by atoms with Crippen molar-refractivity contribution in [2.24, 2.45) is 5.92 Å². The predicted molar refractivity (Wildman–Crippen MR) is 105 cm³/mol. The van der Waals surface area contributed by atoms with Gasteiger partial charge in [0.1, 0.15) is 12.1 Å². The van der Waals surface area contributed by atoms with E-state index >= 15 is 0 Å². The fourth-order valence-electron chi connectivity index (χ4n) is 2.78. The van der Waals surface area contributed by atoms with Crippen molar-refractivity contribution in [3.05, 3.63) is 42.5 Å². The van der Waals surface area contributed by atoms with Gasteiger partial charge in [0.2, 0.25) is 10.0 Å². The molecule has 0 radical (unpaired) electrons. The molecule has 4 N–H and O–H groups in total. The lowest BCUT2D eigenvalue weighted by atomic mass is 10.0. The molecule has 0 saturated heterocycles. The van der Waals surface area contributed by atoms with Gasteiger partial charge in [-0.3, -0.25) is 14.9 Å². The second-order valence-corrected chi connectivity index (χ2v) is 8.71. The van der Waals surface area contributed by atoms with E-state index in [1.54, 1.807) is 18.2 Å². The molecule has 0 bridgehead atoms. The van der Waals surface area contributed by atoms with E-state index in [1.807, 2.05) is 26.0 Å². The maximum Gasteiger partial charge on any atom is 0.322 e. The number of hydrogen-bond donors (Lipinski definition) is 4. The smallest absolute Gasteiger partial charge is 0.322 e. The lowest BCUT2D eigenvalue weighted by Crippen LogP contribution is -2.52. The highest BCUT2D eigenvalue weighted by atomic mass is 32.2. The van der Waals surface area contributed by atoms with Crippen molar-refractivity contribution in [3.8, 4) is 0 Å². The Hall–Kier alpha value is -2.49. The molecule has 0 aliphatic carbocycles. The number of nitrogens with one attached hydrogen (secondary N) is 2. The Balaban J connectivity index is 2.14. The van der Waals surface area contributed by atoms with Gasteiger partial charge in [-0.2, -0.15) is 0 Å². The molecule has 0 aromatic heterocycles. The van der Waals surface area contributed by atoms with Crippen LogP contribution in [0.5, 0.6) is 0 Å². The third-order valence-corrected chi connectivity index (χ3v) is 5.64. The van der Waals surface area contributed by atoms with Crippen LogP contribution in [0.2, 0.25) is 0 Å². The molecule has 2 atom stereocenters. The second kappa shape index (κ2) is 9.13. The zero-order chi connectivity index (χ0) is 20.9. The minimum Gasteiger partial charge on any atom is -0.480 e. The number of benzene rings is 2. The van der Waals surface area contributed by atoms with Gasteiger partial charge in [0.05, 0.1) is 4.90 Å². The van der Waals surface area contributed by atoms with E-state index in [0.29, 0.717) is 0 Å². The van der Waals surface area contributed by atoms with Crippen LogP contribution in [-0.4, -0.2) is 49.2 Å². The highest BCUT2D eigenvalue weighted by molar-refractivity contribution is 7.89. The molecule has 0 aliphatic rings. The molecule has 0 saturated carbocycles. The molecular weight excluding hydrogens is 384 g/mol. The van der Waals surface area contributed by atoms with Crippen molar-refractivity contribution in [1.29, 1.82) is 0 Å². The summed E-state index contributed by atoms with van der Waals surface area (Å²) in [7, 11) is -3.96. The molecule has 0 fully saturated rings. The van der Waals surface area contributed by atoms with Gasteiger partial charge < -0.3 is 10.2 Å². The van der Waals surface area contributed by atoms with E-state index < -0.39 is 40.6 Å². The number of carboxylic acid groups (broad SMARTS) is 2. The summed E-state index contributed by atoms with van der Waals surface area (Å²) < 4.78 is 27.4. The molecular formula is C19H24N2O6S. The van der Waals surface area contributed by atoms with Crippen LogP contribution in [0.3, 0.4) is 0 Å². The number of sulfonamides is 1. The number of rotatable bonds is 10. The molecule has 2 rings (SSSR count). The Kier molecular flexibility index (Phi) is 7.11. The van der Waals surface area contributed by atoms with Crippen LogP contribution in [-0.2, 0) is 19.6 Å². The molecule has 152 valence electrons. The first-order valence-electron chi connectivity index (χ1n) is 8.80. The van der Waals surface area contributed by atoms with Crippen LogP contribution in [0.25, 0.3) is 10.8 Å². The van der Waals surface area contributed by atoms with Crippen molar-refractivity contribution in [2.75, 3.05) is 6.54 Å². The van der Waals surface area contributed by atoms with Gasteiger partial charge in [0.25, 0.3) is 0 Å². The lowest BCUT2D eigenvalue weighted by Gasteiger charge is -2.22. The first kappa shape index (κ1) is 21.8. The van der Waals surface area contributed by atoms with Crippen molar-refractivity contribution < 1.29 is 28.2 Å². The standard InChI is InChI=1S/C19H24N2O6S/c1-12(2)9-16(18(22)23)21-17(19(24)25)11-20-28(26,27)15-8-7-13-5-3-4-6-14(13)10-15/h3-8,10,12,16-17,20-21H,9,11H2,1-2H3,(H,22,23)(H,24,25)/t16-,17-/m0/s1. The Morgan fingerprint density at radius 2 is 1.57 bits per heavy atom. The Morgan fingerprint density at radius 1 is 0.964 bits per heavy atom. The average Bonchev–Trinajstić information content (AvgIpc) is 2.63. The minimum absolute atomic E-state index is 0.00676. The number of carboxylic acids is 2. The van der Waals surface area contributed by atoms with Crippen molar-refractivity contribution >= 4 is 32.7 Å². The summed E-state index contributed by atoms with van der Waals surface area (Å²) in [4.78, 5) is 22.8. The largest absolute Gasteiger partial charge is 0.480 e. The number of fused-ring (bicyclic) bond motifs is 1. The molecule has 9 heteroatoms. The molecule has 28 heavy (non-hydrogen) atoms. The summed E-state index contributed by atoms with van der Waals surface area (Å²) in [5, 5.41) is 22.8. The third kappa shape index (κ3) is 5.75. The minimum atomic E-state index is -3.96. The monoisotopic (exact) mass is 408 g/mol. The Labute approximate surface area is 163 Å². The van der Waals surface area contributed by atoms with Crippen LogP contribution >= 0.6 is 0 Å². The van der Waals surface area contributed by atoms with Crippen molar-refractivity contribution in [3.63, 3.8) is 0 Å². The van der Waals surface area contributed by atoms with Crippen molar-refractivity contribution in [1.82, 2.24) is 10.0 Å². The number of carbonyl (C=O) groups is 2. The molecule has 0 amide bonds. The van der Waals surface area contributed by atoms with E-state index in [2.05, 4.69) is 10.0 Å². The maximum atomic E-state index is 12.6. The SMILES string of the molecule is CC(C)C[C@H](N[C@@H](CNS(=O)(=O)c1ccc2ccccc2c1)C(=O)O)C(=O)O. The summed E-state index contributed by atoms with van der Waals surface area (Å²) in [6.45, 7) is 3.15. The lowest BCUT2D eigenvalue weighted by molar-refractivity contribution is -0.142. The Morgan fingerprint density at radius 3 is 2.14 bits per heavy atom. The fourth-order valence-corrected chi connectivity index (χ4v) is 3.86. The zero-order valence-electron chi connectivity index (χ0n) is 15.6. The average molecular weight is 408 g/mol. The van der Waals surface area contributed by atoms with E-state index in [0.717, 1.165) is 10.8 Å². The molecule has 0 aliphatic heterocycles. The third-order valence-electron chi connectivity index (χ3n) is 4.21. The summed E-state index contributed by atoms with van der Waals surface area (Å²) >= 11 is 0. The van der Waals surface area contributed by atoms with Gasteiger partial charge in [0, 0.05) is 6.54 Å². The van der Waals surface area contributed by atoms with E-state index in [1.165, 1.54) is 12.1 Å². The summed E-state index contributed by atoms with van der Waals surface area (Å²) in [6.07, 6.45) is 0.219. The Bertz CT molecular complexity index is 958. The van der Waals surface area contributed by atoms with Crippen LogP contribution in [0.15, 0.2) is 47.4 Å². The van der Waals surface area contributed by atoms with Crippen molar-refractivity contribution in [2.45, 2.75) is 37.2 Å². The van der Waals surface area contributed by atoms with E-state index in [-0.39, 0.29) is 17.2 Å². The second-order valence-electron chi connectivity index (χ2n) is 6.94. The van der Waals surface area contributed by atoms with Gasteiger partial charge >= 0.3 is 11.9 Å². The maximum absolute atomic E-state index is 12.6. The summed E-state index contributed by atoms with van der Waals surface area (Å²) in [6, 6.07) is 9.39. The van der Waals surface area contributed by atoms with Gasteiger partial charge in [-0.1, -0.05) is 44.2 Å². The van der Waals surface area contributed by atoms with E-state index in [9.17, 15) is 28.2 Å². The summed E-state index contributed by atoms with van der Waals surface area (Å²) in [5.41, 5.74) is 0.